The largest absolute Gasteiger partial charge is 0.493 e. The first-order chi connectivity index (χ1) is 17.5. The van der Waals surface area contributed by atoms with E-state index in [0.29, 0.717) is 44.1 Å². The van der Waals surface area contributed by atoms with Gasteiger partial charge in [-0.1, -0.05) is 0 Å². The lowest BCUT2D eigenvalue weighted by Crippen LogP contribution is -2.43. The number of likely N-dealkylation sites (tertiary alicyclic amines) is 1. The van der Waals surface area contributed by atoms with E-state index >= 15 is 0 Å². The van der Waals surface area contributed by atoms with E-state index in [-0.39, 0.29) is 23.6 Å². The van der Waals surface area contributed by atoms with Crippen LogP contribution in [0.15, 0.2) is 24.5 Å². The predicted molar refractivity (Wildman–Crippen MR) is 131 cm³/mol. The Bertz CT molecular complexity index is 1030. The molecule has 1 aromatic heterocycles. The van der Waals surface area contributed by atoms with Crippen molar-refractivity contribution in [2.45, 2.75) is 45.1 Å². The van der Waals surface area contributed by atoms with Crippen LogP contribution in [0.2, 0.25) is 0 Å². The van der Waals surface area contributed by atoms with Crippen molar-refractivity contribution in [3.63, 3.8) is 0 Å². The van der Waals surface area contributed by atoms with E-state index < -0.39 is 11.6 Å². The lowest BCUT2D eigenvalue weighted by Gasteiger charge is -2.32. The summed E-state index contributed by atoms with van der Waals surface area (Å²) >= 11 is 0. The standard InChI is InChI=1S/C27H34F2N4O3/c1-35-17-18-15-30-27(31-16-18)33-8-3-19(4-9-33)22-11-20(22)5-10-36-21-12-24(28)23(25(29)13-21)14-26(34)32-6-2-7-32/h12-13,15-16,19-20,22H,2-11,14,17H2,1H3/t20-,22+/m0/s1. The lowest BCUT2D eigenvalue weighted by molar-refractivity contribution is -0.133. The van der Waals surface area contributed by atoms with Gasteiger partial charge in [0.25, 0.3) is 0 Å². The highest BCUT2D eigenvalue weighted by Crippen LogP contribution is 2.49. The molecule has 0 unspecified atom stereocenters. The highest BCUT2D eigenvalue weighted by molar-refractivity contribution is 5.79. The summed E-state index contributed by atoms with van der Waals surface area (Å²) in [6, 6.07) is 2.40. The number of ether oxygens (including phenoxy) is 2. The third kappa shape index (κ3) is 5.77. The van der Waals surface area contributed by atoms with Crippen LogP contribution in [0.5, 0.6) is 5.75 Å². The van der Waals surface area contributed by atoms with Crippen molar-refractivity contribution in [2.75, 3.05) is 44.8 Å². The Hall–Kier alpha value is -2.81. The molecule has 1 amide bonds. The molecule has 0 bridgehead atoms. The summed E-state index contributed by atoms with van der Waals surface area (Å²) in [6.07, 6.45) is 8.68. The van der Waals surface area contributed by atoms with Gasteiger partial charge < -0.3 is 19.3 Å². The van der Waals surface area contributed by atoms with Gasteiger partial charge in [-0.3, -0.25) is 4.79 Å². The second-order valence-electron chi connectivity index (χ2n) is 10.2. The Kier molecular flexibility index (Phi) is 7.65. The molecule has 1 saturated carbocycles. The molecule has 3 fully saturated rings. The number of benzene rings is 1. The first kappa shape index (κ1) is 24.9. The molecule has 1 aliphatic carbocycles. The topological polar surface area (TPSA) is 67.8 Å². The highest BCUT2D eigenvalue weighted by Gasteiger charge is 2.43. The van der Waals surface area contributed by atoms with Crippen LogP contribution in [-0.4, -0.2) is 60.7 Å². The number of hydrogen-bond acceptors (Lipinski definition) is 6. The Morgan fingerprint density at radius 2 is 1.78 bits per heavy atom. The minimum Gasteiger partial charge on any atom is -0.493 e. The maximum Gasteiger partial charge on any atom is 0.227 e. The number of amides is 1. The predicted octanol–water partition coefficient (Wildman–Crippen LogP) is 4.00. The summed E-state index contributed by atoms with van der Waals surface area (Å²) < 4.78 is 39.7. The van der Waals surface area contributed by atoms with Crippen molar-refractivity contribution < 1.29 is 23.0 Å². The molecule has 1 aromatic carbocycles. The minimum atomic E-state index is -0.716. The number of halogens is 2. The Balaban J connectivity index is 1.03. The maximum absolute atomic E-state index is 14.5. The van der Waals surface area contributed by atoms with E-state index in [2.05, 4.69) is 14.9 Å². The third-order valence-electron chi connectivity index (χ3n) is 7.82. The number of methoxy groups -OCH3 is 1. The number of carbonyl (C=O) groups is 1. The zero-order chi connectivity index (χ0) is 25.1. The monoisotopic (exact) mass is 500 g/mol. The summed E-state index contributed by atoms with van der Waals surface area (Å²) in [6.45, 7) is 4.21. The van der Waals surface area contributed by atoms with Gasteiger partial charge in [-0.05, 0) is 49.9 Å². The summed E-state index contributed by atoms with van der Waals surface area (Å²) in [5, 5.41) is 0. The van der Waals surface area contributed by atoms with E-state index in [0.717, 1.165) is 50.3 Å². The molecule has 0 radical (unpaired) electrons. The Labute approximate surface area is 210 Å². The molecule has 5 rings (SSSR count). The number of piperidine rings is 1. The first-order valence-corrected chi connectivity index (χ1v) is 12.9. The fraction of sp³-hybridized carbons (Fsp3) is 0.593. The van der Waals surface area contributed by atoms with Crippen LogP contribution in [0.4, 0.5) is 14.7 Å². The van der Waals surface area contributed by atoms with Crippen molar-refractivity contribution in [1.29, 1.82) is 0 Å². The number of rotatable bonds is 10. The van der Waals surface area contributed by atoms with Gasteiger partial charge in [-0.15, -0.1) is 0 Å². The average Bonchev–Trinajstić information content (AvgIpc) is 3.61. The molecule has 36 heavy (non-hydrogen) atoms. The average molecular weight is 501 g/mol. The second-order valence-corrected chi connectivity index (χ2v) is 10.2. The van der Waals surface area contributed by atoms with Gasteiger partial charge in [-0.25, -0.2) is 18.7 Å². The number of carbonyl (C=O) groups excluding carboxylic acids is 1. The van der Waals surface area contributed by atoms with E-state index in [9.17, 15) is 13.6 Å². The molecule has 2 atom stereocenters. The van der Waals surface area contributed by atoms with Gasteiger partial charge in [-0.2, -0.15) is 0 Å². The normalized spacial score (nSPS) is 21.9. The van der Waals surface area contributed by atoms with Crippen molar-refractivity contribution in [3.05, 3.63) is 47.3 Å². The summed E-state index contributed by atoms with van der Waals surface area (Å²) in [4.78, 5) is 24.9. The van der Waals surface area contributed by atoms with Crippen LogP contribution in [0.3, 0.4) is 0 Å². The molecular formula is C27H34F2N4O3. The quantitative estimate of drug-likeness (QED) is 0.491. The van der Waals surface area contributed by atoms with Crippen molar-refractivity contribution in [2.24, 2.45) is 17.8 Å². The molecule has 3 heterocycles. The van der Waals surface area contributed by atoms with Crippen LogP contribution in [-0.2, 0) is 22.6 Å². The molecule has 0 N–H and O–H groups in total. The number of hydrogen-bond donors (Lipinski definition) is 0. The molecule has 0 spiro atoms. The smallest absolute Gasteiger partial charge is 0.227 e. The SMILES string of the molecule is COCc1cnc(N2CCC([C@H]3C[C@@H]3CCOc3cc(F)c(CC(=O)N4CCC4)c(F)c3)CC2)nc1. The van der Waals surface area contributed by atoms with Crippen LogP contribution < -0.4 is 9.64 Å². The van der Waals surface area contributed by atoms with Gasteiger partial charge in [0.1, 0.15) is 17.4 Å². The van der Waals surface area contributed by atoms with E-state index in [1.165, 1.54) is 18.6 Å². The second kappa shape index (κ2) is 11.1. The van der Waals surface area contributed by atoms with Crippen LogP contribution in [0, 0.1) is 29.4 Å². The Morgan fingerprint density at radius 1 is 1.08 bits per heavy atom. The molecule has 2 saturated heterocycles. The number of nitrogens with zero attached hydrogens (tertiary/aromatic N) is 4. The van der Waals surface area contributed by atoms with Gasteiger partial charge in [0.2, 0.25) is 11.9 Å². The molecule has 7 nitrogen and oxygen atoms in total. The molecule has 9 heteroatoms. The van der Waals surface area contributed by atoms with Crippen molar-refractivity contribution in [1.82, 2.24) is 14.9 Å². The zero-order valence-corrected chi connectivity index (χ0v) is 20.8. The van der Waals surface area contributed by atoms with Crippen molar-refractivity contribution in [3.8, 4) is 5.75 Å². The molecule has 2 aromatic rings. The van der Waals surface area contributed by atoms with Crippen LogP contribution >= 0.6 is 0 Å². The first-order valence-electron chi connectivity index (χ1n) is 12.9. The molecular weight excluding hydrogens is 466 g/mol. The van der Waals surface area contributed by atoms with E-state index in [1.807, 2.05) is 12.4 Å². The van der Waals surface area contributed by atoms with Gasteiger partial charge >= 0.3 is 0 Å². The number of aromatic nitrogens is 2. The summed E-state index contributed by atoms with van der Waals surface area (Å²) in [5.41, 5.74) is 0.794. The number of anilines is 1. The lowest BCUT2D eigenvalue weighted by atomic mass is 9.90. The zero-order valence-electron chi connectivity index (χ0n) is 20.8. The summed E-state index contributed by atoms with van der Waals surface area (Å²) in [5.74, 6) is 1.30. The summed E-state index contributed by atoms with van der Waals surface area (Å²) in [7, 11) is 1.66. The molecule has 2 aliphatic heterocycles. The highest BCUT2D eigenvalue weighted by atomic mass is 19.1. The van der Waals surface area contributed by atoms with Gasteiger partial charge in [0.05, 0.1) is 19.6 Å². The third-order valence-corrected chi connectivity index (χ3v) is 7.82. The van der Waals surface area contributed by atoms with Crippen LogP contribution in [0.25, 0.3) is 0 Å². The van der Waals surface area contributed by atoms with Crippen molar-refractivity contribution >= 4 is 11.9 Å². The molecule has 194 valence electrons. The van der Waals surface area contributed by atoms with Gasteiger partial charge in [0, 0.05) is 68.9 Å². The fourth-order valence-corrected chi connectivity index (χ4v) is 5.45. The molecule has 3 aliphatic rings. The minimum absolute atomic E-state index is 0.177. The Morgan fingerprint density at radius 3 is 2.39 bits per heavy atom. The fourth-order valence-electron chi connectivity index (χ4n) is 5.45. The van der Waals surface area contributed by atoms with Crippen LogP contribution in [0.1, 0.15) is 43.2 Å². The van der Waals surface area contributed by atoms with E-state index in [1.54, 1.807) is 12.0 Å². The van der Waals surface area contributed by atoms with Gasteiger partial charge in [0.15, 0.2) is 0 Å². The van der Waals surface area contributed by atoms with E-state index in [4.69, 9.17) is 9.47 Å². The maximum atomic E-state index is 14.5.